The van der Waals surface area contributed by atoms with Gasteiger partial charge in [-0.05, 0) is 37.2 Å². The zero-order valence-electron chi connectivity index (χ0n) is 15.8. The van der Waals surface area contributed by atoms with Crippen LogP contribution in [0, 0.1) is 11.3 Å². The molecule has 3 heterocycles. The molecule has 0 bridgehead atoms. The van der Waals surface area contributed by atoms with E-state index >= 15 is 0 Å². The molecule has 144 valence electrons. The molecule has 1 unspecified atom stereocenters. The number of amides is 1. The number of rotatable bonds is 3. The summed E-state index contributed by atoms with van der Waals surface area (Å²) in [5.74, 6) is 0.471. The molecule has 0 saturated heterocycles. The number of halogens is 1. The zero-order valence-corrected chi connectivity index (χ0v) is 16.6. The summed E-state index contributed by atoms with van der Waals surface area (Å²) in [6.45, 7) is 5.37. The Kier molecular flexibility index (Phi) is 4.72. The Morgan fingerprint density at radius 3 is 2.93 bits per heavy atom. The summed E-state index contributed by atoms with van der Waals surface area (Å²) in [6, 6.07) is 1.97. The van der Waals surface area contributed by atoms with Gasteiger partial charge in [0, 0.05) is 41.5 Å². The molecule has 1 aliphatic carbocycles. The van der Waals surface area contributed by atoms with Crippen LogP contribution < -0.4 is 11.1 Å². The quantitative estimate of drug-likeness (QED) is 0.841. The first-order valence-electron chi connectivity index (χ1n) is 9.59. The van der Waals surface area contributed by atoms with Crippen molar-refractivity contribution in [3.63, 3.8) is 0 Å². The van der Waals surface area contributed by atoms with Crippen molar-refractivity contribution >= 4 is 23.3 Å². The van der Waals surface area contributed by atoms with E-state index in [4.69, 9.17) is 17.3 Å². The predicted octanol–water partition coefficient (Wildman–Crippen LogP) is 3.64. The van der Waals surface area contributed by atoms with E-state index in [1.54, 1.807) is 6.20 Å². The van der Waals surface area contributed by atoms with E-state index in [2.05, 4.69) is 29.2 Å². The Morgan fingerprint density at radius 2 is 2.15 bits per heavy atom. The number of nitrogens with two attached hydrogens (primary N) is 1. The minimum Gasteiger partial charge on any atom is -0.328 e. The van der Waals surface area contributed by atoms with Crippen molar-refractivity contribution in [3.8, 4) is 11.1 Å². The van der Waals surface area contributed by atoms with Crippen LogP contribution in [0.5, 0.6) is 0 Å². The maximum atomic E-state index is 12.6. The standard InChI is InChI=1S/C20H26ClN5O/c1-20(2)8-17-15(9-24-26(17)11-20)14-7-18(23-10-16(14)21)25-19(27)12-4-3-5-13(22)6-12/h7,9-10,12-13H,3-6,8,11,22H2,1-2H3,(H,23,25,27)/t12?,13-/m1/s1. The second kappa shape index (κ2) is 6.91. The Morgan fingerprint density at radius 1 is 1.33 bits per heavy atom. The van der Waals surface area contributed by atoms with E-state index in [9.17, 15) is 4.79 Å². The van der Waals surface area contributed by atoms with Crippen molar-refractivity contribution in [1.82, 2.24) is 14.8 Å². The molecule has 1 fully saturated rings. The van der Waals surface area contributed by atoms with Crippen molar-refractivity contribution in [2.24, 2.45) is 17.1 Å². The molecule has 1 saturated carbocycles. The Bertz CT molecular complexity index is 875. The lowest BCUT2D eigenvalue weighted by Crippen LogP contribution is -2.34. The maximum Gasteiger partial charge on any atom is 0.228 e. The number of hydrogen-bond acceptors (Lipinski definition) is 4. The van der Waals surface area contributed by atoms with Crippen molar-refractivity contribution < 1.29 is 4.79 Å². The van der Waals surface area contributed by atoms with Gasteiger partial charge < -0.3 is 11.1 Å². The third-order valence-electron chi connectivity index (χ3n) is 5.65. The highest BCUT2D eigenvalue weighted by Crippen LogP contribution is 2.39. The highest BCUT2D eigenvalue weighted by atomic mass is 35.5. The molecule has 2 atom stereocenters. The number of carbonyl (C=O) groups is 1. The molecule has 4 rings (SSSR count). The number of hydrogen-bond donors (Lipinski definition) is 2. The van der Waals surface area contributed by atoms with E-state index in [1.807, 2.05) is 16.9 Å². The number of fused-ring (bicyclic) bond motifs is 1. The monoisotopic (exact) mass is 387 g/mol. The predicted molar refractivity (Wildman–Crippen MR) is 107 cm³/mol. The summed E-state index contributed by atoms with van der Waals surface area (Å²) in [6.07, 6.45) is 8.01. The molecule has 3 N–H and O–H groups in total. The molecule has 2 aliphatic rings. The molecule has 2 aromatic rings. The van der Waals surface area contributed by atoms with Crippen molar-refractivity contribution in [2.75, 3.05) is 5.32 Å². The molecule has 27 heavy (non-hydrogen) atoms. The van der Waals surface area contributed by atoms with Crippen LogP contribution in [0.15, 0.2) is 18.5 Å². The first-order valence-corrected chi connectivity index (χ1v) is 9.97. The van der Waals surface area contributed by atoms with Crippen LogP contribution in [0.1, 0.15) is 45.2 Å². The van der Waals surface area contributed by atoms with Gasteiger partial charge in [-0.25, -0.2) is 4.98 Å². The molecule has 0 aromatic carbocycles. The number of carbonyl (C=O) groups excluding carboxylic acids is 1. The lowest BCUT2D eigenvalue weighted by atomic mass is 9.85. The summed E-state index contributed by atoms with van der Waals surface area (Å²) in [7, 11) is 0. The third-order valence-corrected chi connectivity index (χ3v) is 5.96. The molecule has 0 radical (unpaired) electrons. The average Bonchev–Trinajstić information content (AvgIpc) is 3.11. The summed E-state index contributed by atoms with van der Waals surface area (Å²) in [5, 5.41) is 8.04. The first-order chi connectivity index (χ1) is 12.8. The van der Waals surface area contributed by atoms with Crippen molar-refractivity contribution in [2.45, 2.75) is 58.5 Å². The van der Waals surface area contributed by atoms with Crippen LogP contribution in [0.3, 0.4) is 0 Å². The molecule has 2 aromatic heterocycles. The second-order valence-corrected chi connectivity index (χ2v) is 9.07. The van der Waals surface area contributed by atoms with Gasteiger partial charge in [0.05, 0.1) is 11.2 Å². The van der Waals surface area contributed by atoms with E-state index in [1.165, 1.54) is 5.69 Å². The highest BCUT2D eigenvalue weighted by Gasteiger charge is 2.32. The molecule has 6 nitrogen and oxygen atoms in total. The lowest BCUT2D eigenvalue weighted by Gasteiger charge is -2.25. The number of nitrogens with zero attached hydrogens (tertiary/aromatic N) is 3. The van der Waals surface area contributed by atoms with Gasteiger partial charge in [0.1, 0.15) is 5.82 Å². The fourth-order valence-corrected chi connectivity index (χ4v) is 4.49. The van der Waals surface area contributed by atoms with Crippen LogP contribution in [0.2, 0.25) is 5.02 Å². The molecular formula is C20H26ClN5O. The molecule has 7 heteroatoms. The minimum atomic E-state index is -0.0455. The molecular weight excluding hydrogens is 362 g/mol. The maximum absolute atomic E-state index is 12.6. The van der Waals surface area contributed by atoms with E-state index in [0.717, 1.165) is 49.8 Å². The van der Waals surface area contributed by atoms with Gasteiger partial charge in [-0.2, -0.15) is 5.10 Å². The molecule has 0 spiro atoms. The van der Waals surface area contributed by atoms with Gasteiger partial charge in [-0.1, -0.05) is 31.9 Å². The highest BCUT2D eigenvalue weighted by molar-refractivity contribution is 6.33. The van der Waals surface area contributed by atoms with E-state index in [0.29, 0.717) is 10.8 Å². The summed E-state index contributed by atoms with van der Waals surface area (Å²) >= 11 is 6.44. The third kappa shape index (κ3) is 3.73. The fourth-order valence-electron chi connectivity index (χ4n) is 4.28. The Labute approximate surface area is 164 Å². The largest absolute Gasteiger partial charge is 0.328 e. The summed E-state index contributed by atoms with van der Waals surface area (Å²) < 4.78 is 2.05. The lowest BCUT2D eigenvalue weighted by molar-refractivity contribution is -0.120. The normalized spacial score (nSPS) is 23.9. The number of aromatic nitrogens is 3. The fraction of sp³-hybridized carbons (Fsp3) is 0.550. The van der Waals surface area contributed by atoms with Crippen LogP contribution >= 0.6 is 11.6 Å². The zero-order chi connectivity index (χ0) is 19.2. The summed E-state index contributed by atoms with van der Waals surface area (Å²) in [4.78, 5) is 16.9. The first kappa shape index (κ1) is 18.4. The van der Waals surface area contributed by atoms with Gasteiger partial charge in [0.2, 0.25) is 5.91 Å². The summed E-state index contributed by atoms with van der Waals surface area (Å²) in [5.41, 5.74) is 9.27. The second-order valence-electron chi connectivity index (χ2n) is 8.67. The van der Waals surface area contributed by atoms with Crippen LogP contribution in [-0.4, -0.2) is 26.7 Å². The smallest absolute Gasteiger partial charge is 0.228 e. The molecule has 1 aliphatic heterocycles. The van der Waals surface area contributed by atoms with E-state index < -0.39 is 0 Å². The van der Waals surface area contributed by atoms with Gasteiger partial charge >= 0.3 is 0 Å². The topological polar surface area (TPSA) is 85.8 Å². The average molecular weight is 388 g/mol. The van der Waals surface area contributed by atoms with Gasteiger partial charge in [-0.3, -0.25) is 9.48 Å². The van der Waals surface area contributed by atoms with Gasteiger partial charge in [0.25, 0.3) is 0 Å². The number of anilines is 1. The minimum absolute atomic E-state index is 0.00714. The van der Waals surface area contributed by atoms with Crippen molar-refractivity contribution in [1.29, 1.82) is 0 Å². The van der Waals surface area contributed by atoms with Gasteiger partial charge in [-0.15, -0.1) is 0 Å². The number of nitrogens with one attached hydrogen (secondary N) is 1. The Balaban J connectivity index is 1.57. The Hall–Kier alpha value is -1.92. The number of pyridine rings is 1. The van der Waals surface area contributed by atoms with Crippen LogP contribution in [0.25, 0.3) is 11.1 Å². The van der Waals surface area contributed by atoms with Crippen LogP contribution in [0.4, 0.5) is 5.82 Å². The van der Waals surface area contributed by atoms with Crippen LogP contribution in [-0.2, 0) is 17.8 Å². The van der Waals surface area contributed by atoms with Gasteiger partial charge in [0.15, 0.2) is 0 Å². The molecule has 1 amide bonds. The van der Waals surface area contributed by atoms with E-state index in [-0.39, 0.29) is 23.3 Å². The SMILES string of the molecule is CC1(C)Cc2c(-c3cc(NC(=O)C4CCC[C@@H](N)C4)ncc3Cl)cnn2C1. The van der Waals surface area contributed by atoms with Crippen molar-refractivity contribution in [3.05, 3.63) is 29.2 Å².